The second-order valence-corrected chi connectivity index (χ2v) is 8.32. The van der Waals surface area contributed by atoms with E-state index in [9.17, 15) is 14.4 Å². The number of fused-ring (bicyclic) bond motifs is 1. The third-order valence-corrected chi connectivity index (χ3v) is 5.78. The maximum atomic E-state index is 13.4. The van der Waals surface area contributed by atoms with E-state index in [1.165, 1.54) is 17.0 Å². The summed E-state index contributed by atoms with van der Waals surface area (Å²) in [4.78, 5) is 41.4. The highest BCUT2D eigenvalue weighted by Crippen LogP contribution is 2.28. The fourth-order valence-electron chi connectivity index (χ4n) is 3.20. The van der Waals surface area contributed by atoms with Gasteiger partial charge in [0.2, 0.25) is 0 Å². The summed E-state index contributed by atoms with van der Waals surface area (Å²) in [6.45, 7) is -0.258. The average molecular weight is 504 g/mol. The quantitative estimate of drug-likeness (QED) is 0.432. The van der Waals surface area contributed by atoms with E-state index < -0.39 is 17.7 Å². The number of anilines is 1. The lowest BCUT2D eigenvalue weighted by molar-refractivity contribution is 0.0650. The molecule has 3 aromatic carbocycles. The zero-order valence-electron chi connectivity index (χ0n) is 15.3. The lowest BCUT2D eigenvalue weighted by Gasteiger charge is -2.27. The number of hydrogen-bond donors (Lipinski definition) is 0. The number of rotatable bonds is 4. The molecule has 1 aliphatic rings. The highest BCUT2D eigenvalue weighted by Gasteiger charge is 2.37. The van der Waals surface area contributed by atoms with Gasteiger partial charge < -0.3 is 0 Å². The third kappa shape index (κ3) is 3.74. The van der Waals surface area contributed by atoms with Crippen LogP contribution in [0.3, 0.4) is 0 Å². The number of imide groups is 1. The standard InChI is InChI=1S/C22H13BrCl2N2O3/c23-13-5-8-15(9-6-13)26(22(30)18-10-7-14(24)11-19(18)25)12-27-20(28)16-3-1-2-4-17(16)21(27)29/h1-11H,12H2. The Morgan fingerprint density at radius 2 is 1.50 bits per heavy atom. The van der Waals surface area contributed by atoms with Crippen LogP contribution in [0.5, 0.6) is 0 Å². The predicted octanol–water partition coefficient (Wildman–Crippen LogP) is 5.66. The minimum absolute atomic E-state index is 0.178. The zero-order valence-corrected chi connectivity index (χ0v) is 18.4. The summed E-state index contributed by atoms with van der Waals surface area (Å²) in [5.74, 6) is -1.36. The van der Waals surface area contributed by atoms with Crippen LogP contribution in [0.4, 0.5) is 5.69 Å². The summed E-state index contributed by atoms with van der Waals surface area (Å²) in [6, 6.07) is 18.1. The van der Waals surface area contributed by atoms with Crippen LogP contribution in [0.1, 0.15) is 31.1 Å². The zero-order chi connectivity index (χ0) is 21.4. The van der Waals surface area contributed by atoms with Gasteiger partial charge in [-0.3, -0.25) is 24.2 Å². The Kier molecular flexibility index (Phi) is 5.64. The molecule has 0 saturated carbocycles. The first-order valence-electron chi connectivity index (χ1n) is 8.84. The second-order valence-electron chi connectivity index (χ2n) is 6.56. The summed E-state index contributed by atoms with van der Waals surface area (Å²) in [7, 11) is 0. The molecule has 1 heterocycles. The first kappa shape index (κ1) is 20.6. The number of carbonyl (C=O) groups is 3. The summed E-state index contributed by atoms with van der Waals surface area (Å²) in [5.41, 5.74) is 1.34. The number of halogens is 3. The molecule has 0 saturated heterocycles. The Hall–Kier alpha value is -2.67. The monoisotopic (exact) mass is 502 g/mol. The van der Waals surface area contributed by atoms with Crippen molar-refractivity contribution in [2.45, 2.75) is 0 Å². The Balaban J connectivity index is 1.73. The van der Waals surface area contributed by atoms with Crippen molar-refractivity contribution in [2.75, 3.05) is 11.6 Å². The average Bonchev–Trinajstić information content (AvgIpc) is 2.97. The van der Waals surface area contributed by atoms with Crippen LogP contribution in [-0.4, -0.2) is 29.3 Å². The lowest BCUT2D eigenvalue weighted by Crippen LogP contribution is -2.44. The van der Waals surface area contributed by atoms with Gasteiger partial charge in [0, 0.05) is 15.2 Å². The van der Waals surface area contributed by atoms with Crippen molar-refractivity contribution in [3.05, 3.63) is 97.9 Å². The molecule has 150 valence electrons. The van der Waals surface area contributed by atoms with Gasteiger partial charge in [-0.05, 0) is 54.6 Å². The molecule has 0 N–H and O–H groups in total. The Bertz CT molecular complexity index is 1150. The molecular weight excluding hydrogens is 491 g/mol. The predicted molar refractivity (Wildman–Crippen MR) is 119 cm³/mol. The van der Waals surface area contributed by atoms with Crippen molar-refractivity contribution in [2.24, 2.45) is 0 Å². The van der Waals surface area contributed by atoms with Gasteiger partial charge in [0.25, 0.3) is 17.7 Å². The van der Waals surface area contributed by atoms with E-state index in [0.29, 0.717) is 21.8 Å². The van der Waals surface area contributed by atoms with Crippen LogP contribution in [0.2, 0.25) is 10.0 Å². The van der Waals surface area contributed by atoms with Crippen molar-refractivity contribution in [3.8, 4) is 0 Å². The molecule has 8 heteroatoms. The van der Waals surface area contributed by atoms with Gasteiger partial charge in [0.1, 0.15) is 6.67 Å². The van der Waals surface area contributed by atoms with Crippen LogP contribution >= 0.6 is 39.1 Å². The lowest BCUT2D eigenvalue weighted by atomic mass is 10.1. The van der Waals surface area contributed by atoms with Crippen molar-refractivity contribution in [1.29, 1.82) is 0 Å². The Morgan fingerprint density at radius 1 is 0.900 bits per heavy atom. The molecule has 0 spiro atoms. The number of hydrogen-bond acceptors (Lipinski definition) is 3. The maximum Gasteiger partial charge on any atom is 0.263 e. The summed E-state index contributed by atoms with van der Waals surface area (Å²) < 4.78 is 0.823. The van der Waals surface area contributed by atoms with Crippen molar-refractivity contribution >= 4 is 62.5 Å². The topological polar surface area (TPSA) is 57.7 Å². The van der Waals surface area contributed by atoms with E-state index in [2.05, 4.69) is 15.9 Å². The van der Waals surface area contributed by atoms with Crippen molar-refractivity contribution < 1.29 is 14.4 Å². The van der Waals surface area contributed by atoms with Crippen molar-refractivity contribution in [1.82, 2.24) is 4.90 Å². The molecule has 3 aromatic rings. The first-order valence-corrected chi connectivity index (χ1v) is 10.4. The summed E-state index contributed by atoms with van der Waals surface area (Å²) >= 11 is 15.6. The van der Waals surface area contributed by atoms with Crippen LogP contribution in [0.25, 0.3) is 0 Å². The Labute approximate surface area is 190 Å². The first-order chi connectivity index (χ1) is 14.4. The molecular formula is C22H13BrCl2N2O3. The smallest absolute Gasteiger partial charge is 0.263 e. The molecule has 1 aliphatic heterocycles. The number of amides is 3. The van der Waals surface area contributed by atoms with Crippen LogP contribution in [0.15, 0.2) is 71.2 Å². The SMILES string of the molecule is O=C1c2ccccc2C(=O)N1CN(C(=O)c1ccc(Cl)cc1Cl)c1ccc(Br)cc1. The Morgan fingerprint density at radius 3 is 2.07 bits per heavy atom. The van der Waals surface area contributed by atoms with E-state index in [-0.39, 0.29) is 17.3 Å². The number of nitrogens with zero attached hydrogens (tertiary/aromatic N) is 2. The van der Waals surface area contributed by atoms with Gasteiger partial charge in [-0.25, -0.2) is 0 Å². The largest absolute Gasteiger partial charge is 0.289 e. The number of carbonyl (C=O) groups excluding carboxylic acids is 3. The number of benzene rings is 3. The molecule has 30 heavy (non-hydrogen) atoms. The molecule has 0 radical (unpaired) electrons. The third-order valence-electron chi connectivity index (χ3n) is 4.71. The van der Waals surface area contributed by atoms with E-state index >= 15 is 0 Å². The molecule has 0 aliphatic carbocycles. The molecule has 0 fully saturated rings. The molecule has 0 atom stereocenters. The molecule has 3 amide bonds. The second kappa shape index (κ2) is 8.22. The van der Waals surface area contributed by atoms with E-state index in [1.807, 2.05) is 0 Å². The van der Waals surface area contributed by atoms with E-state index in [4.69, 9.17) is 23.2 Å². The van der Waals surface area contributed by atoms with Crippen LogP contribution in [-0.2, 0) is 0 Å². The molecule has 5 nitrogen and oxygen atoms in total. The minimum Gasteiger partial charge on any atom is -0.289 e. The van der Waals surface area contributed by atoms with Gasteiger partial charge in [0.15, 0.2) is 0 Å². The highest BCUT2D eigenvalue weighted by molar-refractivity contribution is 9.10. The molecule has 4 rings (SSSR count). The fourth-order valence-corrected chi connectivity index (χ4v) is 3.96. The van der Waals surface area contributed by atoms with Gasteiger partial charge in [-0.1, -0.05) is 51.3 Å². The normalized spacial score (nSPS) is 12.8. The minimum atomic E-state index is -0.462. The van der Waals surface area contributed by atoms with Gasteiger partial charge in [-0.2, -0.15) is 0 Å². The summed E-state index contributed by atoms with van der Waals surface area (Å²) in [5, 5.41) is 0.573. The van der Waals surface area contributed by atoms with Crippen molar-refractivity contribution in [3.63, 3.8) is 0 Å². The molecule has 0 bridgehead atoms. The van der Waals surface area contributed by atoms with Gasteiger partial charge >= 0.3 is 0 Å². The highest BCUT2D eigenvalue weighted by atomic mass is 79.9. The van der Waals surface area contributed by atoms with Gasteiger partial charge in [-0.15, -0.1) is 0 Å². The maximum absolute atomic E-state index is 13.4. The van der Waals surface area contributed by atoms with Gasteiger partial charge in [0.05, 0.1) is 21.7 Å². The summed E-state index contributed by atoms with van der Waals surface area (Å²) in [6.07, 6.45) is 0. The van der Waals surface area contributed by atoms with Crippen LogP contribution < -0.4 is 4.90 Å². The van der Waals surface area contributed by atoms with E-state index in [0.717, 1.165) is 9.37 Å². The molecule has 0 unspecified atom stereocenters. The fraction of sp³-hybridized carbons (Fsp3) is 0.0455. The van der Waals surface area contributed by atoms with E-state index in [1.54, 1.807) is 54.6 Å². The van der Waals surface area contributed by atoms with Crippen LogP contribution in [0, 0.1) is 0 Å². The molecule has 0 aromatic heterocycles.